The van der Waals surface area contributed by atoms with E-state index in [2.05, 4.69) is 16.3 Å². The lowest BCUT2D eigenvalue weighted by Gasteiger charge is -2.28. The summed E-state index contributed by atoms with van der Waals surface area (Å²) in [4.78, 5) is 15.4. The normalized spacial score (nSPS) is 14.8. The molecule has 3 rings (SSSR count). The maximum absolute atomic E-state index is 13.0. The molecule has 1 fully saturated rings. The first-order valence-corrected chi connectivity index (χ1v) is 10.1. The minimum atomic E-state index is -0.222. The molecule has 0 aromatic heterocycles. The summed E-state index contributed by atoms with van der Waals surface area (Å²) < 4.78 is 21.4. The molecule has 1 heterocycles. The Morgan fingerprint density at radius 3 is 2.23 bits per heavy atom. The Morgan fingerprint density at radius 2 is 1.60 bits per heavy atom. The first-order chi connectivity index (χ1) is 14.6. The summed E-state index contributed by atoms with van der Waals surface area (Å²) in [7, 11) is 6.28. The summed E-state index contributed by atoms with van der Waals surface area (Å²) >= 11 is 0. The third-order valence-electron chi connectivity index (χ3n) is 5.47. The molecule has 0 spiro atoms. The summed E-state index contributed by atoms with van der Waals surface area (Å²) in [5, 5.41) is 3.08. The zero-order valence-corrected chi connectivity index (χ0v) is 18.1. The summed E-state index contributed by atoms with van der Waals surface area (Å²) in [5.41, 5.74) is 1.52. The third kappa shape index (κ3) is 4.79. The van der Waals surface area contributed by atoms with Crippen LogP contribution in [-0.4, -0.2) is 58.9 Å². The molecule has 0 saturated carbocycles. The van der Waals surface area contributed by atoms with Crippen molar-refractivity contribution in [2.45, 2.75) is 18.9 Å². The number of rotatable bonds is 9. The Morgan fingerprint density at radius 1 is 0.933 bits per heavy atom. The molecule has 162 valence electrons. The fourth-order valence-electron chi connectivity index (χ4n) is 3.85. The predicted molar refractivity (Wildman–Crippen MR) is 115 cm³/mol. The molecule has 1 aliphatic rings. The van der Waals surface area contributed by atoms with E-state index in [9.17, 15) is 4.79 Å². The van der Waals surface area contributed by atoms with Crippen LogP contribution >= 0.6 is 0 Å². The predicted octanol–water partition coefficient (Wildman–Crippen LogP) is 3.29. The molecule has 2 aromatic rings. The molecule has 0 aliphatic carbocycles. The lowest BCUT2D eigenvalue weighted by Crippen LogP contribution is -2.37. The number of hydrogen-bond acceptors (Lipinski definition) is 6. The molecular formula is C23H30N2O5. The number of carbonyl (C=O) groups excluding carboxylic acids is 1. The Hall–Kier alpha value is -2.93. The number of carbonyl (C=O) groups is 1. The van der Waals surface area contributed by atoms with E-state index >= 15 is 0 Å². The molecule has 30 heavy (non-hydrogen) atoms. The maximum atomic E-state index is 13.0. The highest BCUT2D eigenvalue weighted by molar-refractivity contribution is 5.97. The average molecular weight is 415 g/mol. The van der Waals surface area contributed by atoms with Crippen molar-refractivity contribution in [1.82, 2.24) is 10.2 Å². The van der Waals surface area contributed by atoms with Crippen LogP contribution in [0.25, 0.3) is 0 Å². The van der Waals surface area contributed by atoms with Crippen molar-refractivity contribution in [3.8, 4) is 23.0 Å². The quantitative estimate of drug-likeness (QED) is 0.679. The summed E-state index contributed by atoms with van der Waals surface area (Å²) in [6, 6.07) is 11.4. The highest BCUT2D eigenvalue weighted by Gasteiger charge is 2.25. The monoisotopic (exact) mass is 414 g/mol. The number of methoxy groups -OCH3 is 4. The molecule has 0 bridgehead atoms. The van der Waals surface area contributed by atoms with Gasteiger partial charge < -0.3 is 24.3 Å². The number of hydrogen-bond donors (Lipinski definition) is 1. The van der Waals surface area contributed by atoms with Gasteiger partial charge in [-0.15, -0.1) is 0 Å². The van der Waals surface area contributed by atoms with Gasteiger partial charge in [-0.25, -0.2) is 0 Å². The number of amides is 1. The fraction of sp³-hybridized carbons (Fsp3) is 0.435. The lowest BCUT2D eigenvalue weighted by molar-refractivity contribution is 0.0934. The van der Waals surface area contributed by atoms with E-state index in [1.807, 2.05) is 18.2 Å². The minimum absolute atomic E-state index is 0.0673. The topological polar surface area (TPSA) is 69.3 Å². The Bertz CT molecular complexity index is 865. The molecule has 0 radical (unpaired) electrons. The van der Waals surface area contributed by atoms with Crippen molar-refractivity contribution >= 4 is 5.91 Å². The van der Waals surface area contributed by atoms with E-state index in [0.29, 0.717) is 29.4 Å². The lowest BCUT2D eigenvalue weighted by atomic mass is 10.0. The van der Waals surface area contributed by atoms with Gasteiger partial charge in [0.15, 0.2) is 11.5 Å². The number of ether oxygens (including phenoxy) is 4. The van der Waals surface area contributed by atoms with Gasteiger partial charge in [0.25, 0.3) is 5.91 Å². The molecule has 1 saturated heterocycles. The smallest absolute Gasteiger partial charge is 0.255 e. The van der Waals surface area contributed by atoms with Crippen molar-refractivity contribution in [3.05, 3.63) is 47.5 Å². The van der Waals surface area contributed by atoms with E-state index in [0.717, 1.165) is 37.2 Å². The number of nitrogens with one attached hydrogen (secondary N) is 1. The van der Waals surface area contributed by atoms with Crippen LogP contribution in [0.1, 0.15) is 34.8 Å². The molecular weight excluding hydrogens is 384 g/mol. The van der Waals surface area contributed by atoms with E-state index in [1.54, 1.807) is 26.4 Å². The van der Waals surface area contributed by atoms with E-state index in [4.69, 9.17) is 18.9 Å². The Labute approximate surface area is 177 Å². The van der Waals surface area contributed by atoms with Gasteiger partial charge in [-0.3, -0.25) is 9.69 Å². The van der Waals surface area contributed by atoms with Crippen LogP contribution in [0.4, 0.5) is 0 Å². The fourth-order valence-corrected chi connectivity index (χ4v) is 3.85. The van der Waals surface area contributed by atoms with Crippen LogP contribution in [0.15, 0.2) is 36.4 Å². The van der Waals surface area contributed by atoms with Crippen LogP contribution in [0.2, 0.25) is 0 Å². The molecule has 1 unspecified atom stereocenters. The van der Waals surface area contributed by atoms with Gasteiger partial charge in [-0.05, 0) is 43.6 Å². The van der Waals surface area contributed by atoms with E-state index < -0.39 is 0 Å². The van der Waals surface area contributed by atoms with E-state index in [1.165, 1.54) is 14.2 Å². The highest BCUT2D eigenvalue weighted by Crippen LogP contribution is 2.35. The molecule has 7 heteroatoms. The van der Waals surface area contributed by atoms with E-state index in [-0.39, 0.29) is 11.9 Å². The van der Waals surface area contributed by atoms with Gasteiger partial charge in [-0.1, -0.05) is 12.1 Å². The standard InChI is InChI=1S/C23H30N2O5/c1-27-17-9-7-8-16(12-17)19(25-10-5-6-11-25)15-24-23(26)18-13-21(29-3)22(30-4)14-20(18)28-2/h7-9,12-14,19H,5-6,10-11,15H2,1-4H3,(H,24,26). The largest absolute Gasteiger partial charge is 0.497 e. The molecule has 2 aromatic carbocycles. The van der Waals surface area contributed by atoms with Crippen LogP contribution in [0.5, 0.6) is 23.0 Å². The molecule has 1 amide bonds. The summed E-state index contributed by atoms with van der Waals surface area (Å²) in [6.45, 7) is 2.50. The van der Waals surface area contributed by atoms with Gasteiger partial charge in [0.05, 0.1) is 40.0 Å². The molecule has 1 N–H and O–H groups in total. The second-order valence-electron chi connectivity index (χ2n) is 7.15. The minimum Gasteiger partial charge on any atom is -0.497 e. The van der Waals surface area contributed by atoms with Gasteiger partial charge in [0.1, 0.15) is 11.5 Å². The first kappa shape index (κ1) is 21.8. The van der Waals surface area contributed by atoms with Crippen LogP contribution in [0, 0.1) is 0 Å². The summed E-state index contributed by atoms with van der Waals surface area (Å²) in [6.07, 6.45) is 2.33. The second kappa shape index (κ2) is 10.2. The third-order valence-corrected chi connectivity index (χ3v) is 5.47. The molecule has 7 nitrogen and oxygen atoms in total. The van der Waals surface area contributed by atoms with Crippen molar-refractivity contribution < 1.29 is 23.7 Å². The van der Waals surface area contributed by atoms with Crippen molar-refractivity contribution in [1.29, 1.82) is 0 Å². The zero-order valence-electron chi connectivity index (χ0n) is 18.1. The Balaban J connectivity index is 1.82. The molecule has 1 aliphatic heterocycles. The average Bonchev–Trinajstić information content (AvgIpc) is 3.32. The Kier molecular flexibility index (Phi) is 7.41. The first-order valence-electron chi connectivity index (χ1n) is 10.1. The van der Waals surface area contributed by atoms with Crippen molar-refractivity contribution in [2.75, 3.05) is 48.1 Å². The SMILES string of the molecule is COc1cccc(C(CNC(=O)c2cc(OC)c(OC)cc2OC)N2CCCC2)c1. The number of nitrogens with zero attached hydrogens (tertiary/aromatic N) is 1. The maximum Gasteiger partial charge on any atom is 0.255 e. The van der Waals surface area contributed by atoms with Crippen molar-refractivity contribution in [2.24, 2.45) is 0 Å². The summed E-state index contributed by atoms with van der Waals surface area (Å²) in [5.74, 6) is 2.01. The zero-order chi connectivity index (χ0) is 21.5. The number of benzene rings is 2. The van der Waals surface area contributed by atoms with Crippen molar-refractivity contribution in [3.63, 3.8) is 0 Å². The molecule has 1 atom stereocenters. The van der Waals surface area contributed by atoms with Crippen LogP contribution < -0.4 is 24.3 Å². The number of likely N-dealkylation sites (tertiary alicyclic amines) is 1. The van der Waals surface area contributed by atoms with Crippen LogP contribution in [0.3, 0.4) is 0 Å². The van der Waals surface area contributed by atoms with Gasteiger partial charge in [-0.2, -0.15) is 0 Å². The highest BCUT2D eigenvalue weighted by atomic mass is 16.5. The van der Waals surface area contributed by atoms with Gasteiger partial charge in [0.2, 0.25) is 0 Å². The van der Waals surface area contributed by atoms with Gasteiger partial charge >= 0.3 is 0 Å². The second-order valence-corrected chi connectivity index (χ2v) is 7.15. The van der Waals surface area contributed by atoms with Crippen LogP contribution in [-0.2, 0) is 0 Å². The van der Waals surface area contributed by atoms with Gasteiger partial charge in [0, 0.05) is 18.7 Å².